The van der Waals surface area contributed by atoms with Crippen LogP contribution in [0.15, 0.2) is 15.0 Å². The minimum atomic E-state index is 0. The van der Waals surface area contributed by atoms with Crippen molar-refractivity contribution in [3.63, 3.8) is 0 Å². The van der Waals surface area contributed by atoms with E-state index in [0.717, 1.165) is 17.5 Å². The van der Waals surface area contributed by atoms with Crippen LogP contribution in [0.2, 0.25) is 0 Å². The molecular weight excluding hydrogens is 583 g/mol. The van der Waals surface area contributed by atoms with Gasteiger partial charge in [0.15, 0.2) is 0 Å². The van der Waals surface area contributed by atoms with E-state index >= 15 is 0 Å². The Bertz CT molecular complexity index is 845. The summed E-state index contributed by atoms with van der Waals surface area (Å²) in [6.07, 6.45) is 7.14. The summed E-state index contributed by atoms with van der Waals surface area (Å²) in [5.74, 6) is 5.33. The topological polar surface area (TPSA) is 79.4 Å². The fourth-order valence-electron chi connectivity index (χ4n) is 7.14. The molecule has 0 aromatic rings. The molecule has 6 heterocycles. The Balaban J connectivity index is 0.000000152. The van der Waals surface area contributed by atoms with Crippen LogP contribution in [0, 0.1) is 53.4 Å². The Kier molecular flexibility index (Phi) is 8.34. The zero-order chi connectivity index (χ0) is 26.9. The molecule has 3 fully saturated rings. The van der Waals surface area contributed by atoms with Crippen LogP contribution >= 0.6 is 0 Å². The quantitative estimate of drug-likeness (QED) is 0.258. The van der Waals surface area contributed by atoms with E-state index in [1.165, 1.54) is 38.5 Å². The Labute approximate surface area is 255 Å². The van der Waals surface area contributed by atoms with Gasteiger partial charge < -0.3 is 30.9 Å². The van der Waals surface area contributed by atoms with E-state index in [0.29, 0.717) is 17.8 Å². The number of amidine groups is 3. The molecule has 0 aromatic carbocycles. The van der Waals surface area contributed by atoms with Gasteiger partial charge in [-0.2, -0.15) is 0 Å². The maximum atomic E-state index is 4.63. The monoisotopic (exact) mass is 634 g/mol. The largest absolute Gasteiger partial charge is 3.00 e. The molecule has 0 amide bonds. The first-order valence-electron chi connectivity index (χ1n) is 14.1. The van der Waals surface area contributed by atoms with Crippen LogP contribution in [0.1, 0.15) is 122 Å². The summed E-state index contributed by atoms with van der Waals surface area (Å²) >= 11 is 0. The van der Waals surface area contributed by atoms with Crippen molar-refractivity contribution in [2.45, 2.75) is 155 Å². The van der Waals surface area contributed by atoms with Crippen molar-refractivity contribution in [3.05, 3.63) is 16.0 Å². The Hall–Kier alpha value is -0.395. The maximum absolute atomic E-state index is 4.63. The second-order valence-corrected chi connectivity index (χ2v) is 15.9. The van der Waals surface area contributed by atoms with Gasteiger partial charge in [0.2, 0.25) is 0 Å². The summed E-state index contributed by atoms with van der Waals surface area (Å²) < 4.78 is 0. The maximum Gasteiger partial charge on any atom is 3.00 e. The van der Waals surface area contributed by atoms with Gasteiger partial charge in [-0.3, -0.25) is 0 Å². The molecule has 7 heteroatoms. The molecule has 0 spiro atoms. The molecule has 0 bridgehead atoms. The zero-order valence-corrected chi connectivity index (χ0v) is 29.4. The van der Waals surface area contributed by atoms with Crippen LogP contribution in [-0.4, -0.2) is 50.7 Å². The molecule has 37 heavy (non-hydrogen) atoms. The van der Waals surface area contributed by atoms with Gasteiger partial charge >= 0.3 is 35.6 Å². The van der Waals surface area contributed by atoms with Crippen LogP contribution in [0.5, 0.6) is 0 Å². The number of nitrogens with zero attached hydrogens (tertiary/aromatic N) is 6. The van der Waals surface area contributed by atoms with E-state index in [1.807, 2.05) is 0 Å². The van der Waals surface area contributed by atoms with Crippen LogP contribution in [0.3, 0.4) is 0 Å². The van der Waals surface area contributed by atoms with Crippen molar-refractivity contribution >= 4 is 17.5 Å². The SMILES string of the molecule is CC1(C)CC2CC(C)(C)[N-]C2=N1.CC1(C)CC2CC(C)(C)[N-]C2=N1.CC1(C)CC2CC(C)(C)[N-]C2=N1.[La+3]. The van der Waals surface area contributed by atoms with E-state index in [2.05, 4.69) is 114 Å². The van der Waals surface area contributed by atoms with E-state index in [4.69, 9.17) is 0 Å². The van der Waals surface area contributed by atoms with Crippen LogP contribution in [0.25, 0.3) is 16.0 Å². The minimum Gasteiger partial charge on any atom is -0.463 e. The molecule has 0 N–H and O–H groups in total. The number of fused-ring (bicyclic) bond motifs is 3. The van der Waals surface area contributed by atoms with Crippen molar-refractivity contribution in [2.75, 3.05) is 0 Å². The number of rotatable bonds is 0. The van der Waals surface area contributed by atoms with Gasteiger partial charge in [-0.05, 0) is 89.5 Å². The van der Waals surface area contributed by atoms with Gasteiger partial charge in [-0.1, -0.05) is 101 Å². The summed E-state index contributed by atoms with van der Waals surface area (Å²) in [5.41, 5.74) is 0.917. The first kappa shape index (κ1) is 31.1. The fraction of sp³-hybridized carbons (Fsp3) is 0.900. The van der Waals surface area contributed by atoms with E-state index in [9.17, 15) is 0 Å². The molecule has 6 nitrogen and oxygen atoms in total. The van der Waals surface area contributed by atoms with E-state index in [1.54, 1.807) is 0 Å². The Morgan fingerprint density at radius 1 is 0.432 bits per heavy atom. The van der Waals surface area contributed by atoms with Gasteiger partial charge in [-0.25, -0.2) is 0 Å². The average molecular weight is 635 g/mol. The first-order chi connectivity index (χ1) is 16.1. The molecule has 0 radical (unpaired) electrons. The van der Waals surface area contributed by atoms with Gasteiger partial charge in [0.1, 0.15) is 0 Å². The molecule has 6 aliphatic heterocycles. The second-order valence-electron chi connectivity index (χ2n) is 15.9. The average Bonchev–Trinajstić information content (AvgIpc) is 3.33. The molecule has 0 aromatic heterocycles. The van der Waals surface area contributed by atoms with Crippen LogP contribution < -0.4 is 0 Å². The number of hydrogen-bond donors (Lipinski definition) is 0. The summed E-state index contributed by atoms with van der Waals surface area (Å²) in [6, 6.07) is 0. The predicted octanol–water partition coefficient (Wildman–Crippen LogP) is 8.22. The molecule has 3 saturated heterocycles. The van der Waals surface area contributed by atoms with Crippen LogP contribution in [0.4, 0.5) is 0 Å². The van der Waals surface area contributed by atoms with Crippen molar-refractivity contribution in [3.8, 4) is 0 Å². The summed E-state index contributed by atoms with van der Waals surface area (Å²) in [7, 11) is 0. The smallest absolute Gasteiger partial charge is 0.463 e. The second kappa shape index (κ2) is 9.91. The van der Waals surface area contributed by atoms with Gasteiger partial charge in [0.25, 0.3) is 0 Å². The van der Waals surface area contributed by atoms with Crippen molar-refractivity contribution in [1.82, 2.24) is 0 Å². The van der Waals surface area contributed by atoms with Crippen molar-refractivity contribution in [2.24, 2.45) is 32.7 Å². The molecule has 6 rings (SSSR count). The van der Waals surface area contributed by atoms with E-state index in [-0.39, 0.29) is 68.8 Å². The molecule has 204 valence electrons. The molecule has 0 saturated carbocycles. The molecule has 6 aliphatic rings. The van der Waals surface area contributed by atoms with Gasteiger partial charge in [-0.15, -0.1) is 0 Å². The summed E-state index contributed by atoms with van der Waals surface area (Å²) in [4.78, 5) is 13.9. The predicted molar refractivity (Wildman–Crippen MR) is 155 cm³/mol. The third-order valence-electron chi connectivity index (χ3n) is 8.07. The van der Waals surface area contributed by atoms with Crippen LogP contribution in [-0.2, 0) is 0 Å². The molecular formula is C30H51LaN6. The minimum absolute atomic E-state index is 0. The summed E-state index contributed by atoms with van der Waals surface area (Å²) in [6.45, 7) is 26.3. The molecule has 3 atom stereocenters. The Morgan fingerprint density at radius 2 is 0.649 bits per heavy atom. The first-order valence-corrected chi connectivity index (χ1v) is 14.1. The Morgan fingerprint density at radius 3 is 0.838 bits per heavy atom. The number of hydrogen-bond acceptors (Lipinski definition) is 3. The van der Waals surface area contributed by atoms with Gasteiger partial charge in [0, 0.05) is 0 Å². The fourth-order valence-corrected chi connectivity index (χ4v) is 7.14. The summed E-state index contributed by atoms with van der Waals surface area (Å²) in [5, 5.41) is 13.9. The van der Waals surface area contributed by atoms with Gasteiger partial charge in [0.05, 0.1) is 0 Å². The van der Waals surface area contributed by atoms with Crippen molar-refractivity contribution < 1.29 is 35.6 Å². The standard InChI is InChI=1S/3C10H17N2.La/c3*1-9(2)5-7-6-10(3,4)12-8(7)11-9;/h3*7H,5-6H2,1-4H3;/q3*-1;+3. The number of aliphatic imine (C=N–C) groups is 3. The van der Waals surface area contributed by atoms with E-state index < -0.39 is 0 Å². The van der Waals surface area contributed by atoms with Crippen molar-refractivity contribution in [1.29, 1.82) is 0 Å². The zero-order valence-electron chi connectivity index (χ0n) is 25.7. The third-order valence-corrected chi connectivity index (χ3v) is 8.07. The third kappa shape index (κ3) is 7.84. The normalized spacial score (nSPS) is 34.7. The molecule has 3 unspecified atom stereocenters. The molecule has 0 aliphatic carbocycles.